The van der Waals surface area contributed by atoms with Crippen molar-refractivity contribution in [3.63, 3.8) is 0 Å². The lowest BCUT2D eigenvalue weighted by Gasteiger charge is -2.48. The van der Waals surface area contributed by atoms with Gasteiger partial charge < -0.3 is 75.4 Å². The molecule has 0 aromatic rings. The molecule has 3 fully saturated rings. The SMILES string of the molecule is C[C@@H]1O[C@@H](O[C@@H]2[C@@H](O[C@H]3O[C@H](CO)[C@H](O)[C@H](O)[C@H]3O)[C@@H](O)[C@@H](CN)O[C@H]2O)[C@@H](O)[C@H](O)[C@@H]1O. The lowest BCUT2D eigenvalue weighted by Crippen LogP contribution is -2.67. The topological polar surface area (TPSA) is 254 Å². The van der Waals surface area contributed by atoms with Crippen molar-refractivity contribution in [2.45, 2.75) is 99.0 Å². The Morgan fingerprint density at radius 1 is 0.636 bits per heavy atom. The molecule has 0 radical (unpaired) electrons. The van der Waals surface area contributed by atoms with E-state index in [9.17, 15) is 46.0 Å². The number of hydrogen-bond acceptors (Lipinski definition) is 15. The van der Waals surface area contributed by atoms with E-state index in [1.165, 1.54) is 6.92 Å². The van der Waals surface area contributed by atoms with E-state index >= 15 is 0 Å². The highest BCUT2D eigenvalue weighted by molar-refractivity contribution is 4.96. The van der Waals surface area contributed by atoms with Crippen molar-refractivity contribution in [3.05, 3.63) is 0 Å². The van der Waals surface area contributed by atoms with E-state index in [-0.39, 0.29) is 6.54 Å². The van der Waals surface area contributed by atoms with Crippen LogP contribution in [0.15, 0.2) is 0 Å². The highest BCUT2D eigenvalue weighted by Crippen LogP contribution is 2.32. The van der Waals surface area contributed by atoms with Gasteiger partial charge in [-0.25, -0.2) is 0 Å². The van der Waals surface area contributed by atoms with Gasteiger partial charge in [-0.2, -0.15) is 0 Å². The molecule has 0 saturated carbocycles. The summed E-state index contributed by atoms with van der Waals surface area (Å²) in [7, 11) is 0. The zero-order valence-corrected chi connectivity index (χ0v) is 17.7. The fourth-order valence-corrected chi connectivity index (χ4v) is 4.02. The third kappa shape index (κ3) is 5.32. The molecule has 0 aliphatic carbocycles. The van der Waals surface area contributed by atoms with Gasteiger partial charge in [-0.15, -0.1) is 0 Å². The number of nitrogens with two attached hydrogens (primary N) is 1. The van der Waals surface area contributed by atoms with Crippen LogP contribution in [0, 0.1) is 0 Å². The number of rotatable bonds is 6. The van der Waals surface area contributed by atoms with Crippen molar-refractivity contribution in [3.8, 4) is 0 Å². The summed E-state index contributed by atoms with van der Waals surface area (Å²) in [5, 5.41) is 90.8. The highest BCUT2D eigenvalue weighted by atomic mass is 16.8. The molecule has 0 aromatic carbocycles. The molecule has 0 bridgehead atoms. The smallest absolute Gasteiger partial charge is 0.187 e. The van der Waals surface area contributed by atoms with Crippen molar-refractivity contribution < 1.29 is 69.6 Å². The lowest BCUT2D eigenvalue weighted by atomic mass is 9.96. The van der Waals surface area contributed by atoms with Crippen LogP contribution in [-0.2, 0) is 23.7 Å². The van der Waals surface area contributed by atoms with Gasteiger partial charge in [-0.05, 0) is 6.92 Å². The Morgan fingerprint density at radius 3 is 1.76 bits per heavy atom. The van der Waals surface area contributed by atoms with Gasteiger partial charge in [0.2, 0.25) is 0 Å². The monoisotopic (exact) mass is 487 g/mol. The summed E-state index contributed by atoms with van der Waals surface area (Å²) in [5.41, 5.74) is 5.56. The molecule has 194 valence electrons. The van der Waals surface area contributed by atoms with Crippen molar-refractivity contribution in [2.75, 3.05) is 13.2 Å². The van der Waals surface area contributed by atoms with Crippen LogP contribution in [0.3, 0.4) is 0 Å². The van der Waals surface area contributed by atoms with Gasteiger partial charge in [-0.3, -0.25) is 0 Å². The van der Waals surface area contributed by atoms with Crippen LogP contribution in [0.5, 0.6) is 0 Å². The van der Waals surface area contributed by atoms with E-state index < -0.39 is 98.7 Å². The molecule has 11 N–H and O–H groups in total. The van der Waals surface area contributed by atoms with Crippen LogP contribution in [0.2, 0.25) is 0 Å². The normalized spacial score (nSPS) is 53.7. The fourth-order valence-electron chi connectivity index (χ4n) is 4.02. The summed E-state index contributed by atoms with van der Waals surface area (Å²) < 4.78 is 27.0. The molecular weight excluding hydrogens is 454 g/mol. The third-order valence-corrected chi connectivity index (χ3v) is 6.11. The molecule has 3 aliphatic heterocycles. The molecule has 15 atom stereocenters. The quantitative estimate of drug-likeness (QED) is 0.167. The van der Waals surface area contributed by atoms with Gasteiger partial charge >= 0.3 is 0 Å². The Hall–Kier alpha value is -0.600. The maximum Gasteiger partial charge on any atom is 0.187 e. The molecule has 0 amide bonds. The number of aliphatic hydroxyl groups excluding tert-OH is 9. The van der Waals surface area contributed by atoms with Gasteiger partial charge in [0.1, 0.15) is 67.1 Å². The molecule has 33 heavy (non-hydrogen) atoms. The molecule has 0 unspecified atom stereocenters. The molecule has 3 saturated heterocycles. The number of hydrogen-bond donors (Lipinski definition) is 10. The largest absolute Gasteiger partial charge is 0.394 e. The van der Waals surface area contributed by atoms with Crippen LogP contribution < -0.4 is 5.73 Å². The summed E-state index contributed by atoms with van der Waals surface area (Å²) in [4.78, 5) is 0. The van der Waals surface area contributed by atoms with E-state index in [2.05, 4.69) is 0 Å². The fraction of sp³-hybridized carbons (Fsp3) is 1.00. The average molecular weight is 487 g/mol. The molecule has 15 nitrogen and oxygen atoms in total. The summed E-state index contributed by atoms with van der Waals surface area (Å²) in [6.07, 6.45) is -23.3. The summed E-state index contributed by atoms with van der Waals surface area (Å²) in [5.74, 6) is 0. The zero-order chi connectivity index (χ0) is 24.6. The number of ether oxygens (including phenoxy) is 5. The van der Waals surface area contributed by atoms with Gasteiger partial charge in [-0.1, -0.05) is 0 Å². The predicted octanol–water partition coefficient (Wildman–Crippen LogP) is -6.58. The molecular formula is C18H33NO14. The van der Waals surface area contributed by atoms with Gasteiger partial charge in [0.25, 0.3) is 0 Å². The highest BCUT2D eigenvalue weighted by Gasteiger charge is 2.53. The summed E-state index contributed by atoms with van der Waals surface area (Å²) >= 11 is 0. The van der Waals surface area contributed by atoms with E-state index in [1.807, 2.05) is 0 Å². The Morgan fingerprint density at radius 2 is 1.18 bits per heavy atom. The van der Waals surface area contributed by atoms with Crippen molar-refractivity contribution in [1.29, 1.82) is 0 Å². The Labute approximate surface area is 188 Å². The Kier molecular flexibility index (Phi) is 8.99. The lowest BCUT2D eigenvalue weighted by molar-refractivity contribution is -0.384. The molecule has 0 spiro atoms. The second-order valence-corrected chi connectivity index (χ2v) is 8.37. The Bertz CT molecular complexity index is 629. The number of aliphatic hydroxyl groups is 9. The van der Waals surface area contributed by atoms with E-state index in [0.717, 1.165) is 0 Å². The molecule has 3 heterocycles. The minimum Gasteiger partial charge on any atom is -0.394 e. The van der Waals surface area contributed by atoms with Crippen molar-refractivity contribution >= 4 is 0 Å². The van der Waals surface area contributed by atoms with Crippen LogP contribution in [0.1, 0.15) is 6.92 Å². The summed E-state index contributed by atoms with van der Waals surface area (Å²) in [6, 6.07) is 0. The summed E-state index contributed by atoms with van der Waals surface area (Å²) in [6.45, 7) is 0.421. The van der Waals surface area contributed by atoms with E-state index in [0.29, 0.717) is 0 Å². The molecule has 3 aliphatic rings. The predicted molar refractivity (Wildman–Crippen MR) is 102 cm³/mol. The van der Waals surface area contributed by atoms with E-state index in [1.54, 1.807) is 0 Å². The average Bonchev–Trinajstić information content (AvgIpc) is 2.79. The third-order valence-electron chi connectivity index (χ3n) is 6.11. The van der Waals surface area contributed by atoms with E-state index in [4.69, 9.17) is 29.4 Å². The van der Waals surface area contributed by atoms with Gasteiger partial charge in [0.15, 0.2) is 18.9 Å². The second kappa shape index (κ2) is 11.0. The Balaban J connectivity index is 1.82. The van der Waals surface area contributed by atoms with Crippen LogP contribution in [0.25, 0.3) is 0 Å². The maximum atomic E-state index is 10.7. The minimum atomic E-state index is -1.82. The minimum absolute atomic E-state index is 0.260. The zero-order valence-electron chi connectivity index (χ0n) is 17.7. The van der Waals surface area contributed by atoms with Gasteiger partial charge in [0.05, 0.1) is 12.7 Å². The van der Waals surface area contributed by atoms with Gasteiger partial charge in [0, 0.05) is 6.54 Å². The first-order chi connectivity index (χ1) is 15.5. The molecule has 0 aromatic heterocycles. The maximum absolute atomic E-state index is 10.7. The van der Waals surface area contributed by atoms with Crippen LogP contribution >= 0.6 is 0 Å². The molecule has 15 heteroatoms. The van der Waals surface area contributed by atoms with Crippen molar-refractivity contribution in [2.24, 2.45) is 5.73 Å². The second-order valence-electron chi connectivity index (χ2n) is 8.37. The standard InChI is InChI=1S/C18H33NO14/c1-4-7(21)10(24)12(26)17(29-4)33-15-14(9(23)5(2-19)30-16(15)28)32-18-13(27)11(25)8(22)6(3-20)31-18/h4-18,20-28H,2-3,19H2,1H3/t4-,5+,6+,7+,8-,9-,10+,11-,12-,13+,14-,15+,16+,17-,18+/m0/s1. The molecule has 3 rings (SSSR count). The van der Waals surface area contributed by atoms with Crippen LogP contribution in [0.4, 0.5) is 0 Å². The first-order valence-corrected chi connectivity index (χ1v) is 10.5. The van der Waals surface area contributed by atoms with Crippen LogP contribution in [-0.4, -0.2) is 151 Å². The first-order valence-electron chi connectivity index (χ1n) is 10.5. The van der Waals surface area contributed by atoms with Crippen molar-refractivity contribution in [1.82, 2.24) is 0 Å². The first kappa shape index (κ1) is 27.0.